The van der Waals surface area contributed by atoms with Gasteiger partial charge >= 0.3 is 12.4 Å². The SMILES string of the molecule is CCNC(=O)Nc1sc2ccccc2c1C(=O)N1CCN(S(=O)(=O)c2cccc(OC(F)(F)F)c2)CC1. The number of carbonyl (C=O) groups is 2. The van der Waals surface area contributed by atoms with E-state index in [2.05, 4.69) is 15.4 Å². The summed E-state index contributed by atoms with van der Waals surface area (Å²) in [6.45, 7) is 2.17. The van der Waals surface area contributed by atoms with E-state index in [1.165, 1.54) is 28.4 Å². The first-order valence-electron chi connectivity index (χ1n) is 11.2. The molecular weight excluding hydrogens is 533 g/mol. The number of nitrogens with zero attached hydrogens (tertiary/aromatic N) is 2. The molecule has 1 fully saturated rings. The van der Waals surface area contributed by atoms with Crippen molar-refractivity contribution in [3.63, 3.8) is 0 Å². The third kappa shape index (κ3) is 5.97. The molecule has 2 N–H and O–H groups in total. The maximum Gasteiger partial charge on any atom is 0.573 e. The van der Waals surface area contributed by atoms with E-state index in [1.807, 2.05) is 12.1 Å². The van der Waals surface area contributed by atoms with Gasteiger partial charge in [0, 0.05) is 48.9 Å². The number of anilines is 1. The molecule has 9 nitrogen and oxygen atoms in total. The number of alkyl halides is 3. The van der Waals surface area contributed by atoms with Crippen molar-refractivity contribution in [1.82, 2.24) is 14.5 Å². The lowest BCUT2D eigenvalue weighted by atomic mass is 10.1. The molecule has 0 aliphatic carbocycles. The fourth-order valence-corrected chi connectivity index (χ4v) is 6.47. The summed E-state index contributed by atoms with van der Waals surface area (Å²) in [5.74, 6) is -0.999. The van der Waals surface area contributed by atoms with Crippen molar-refractivity contribution in [2.45, 2.75) is 18.2 Å². The molecule has 4 rings (SSSR count). The maximum absolute atomic E-state index is 13.5. The highest BCUT2D eigenvalue weighted by Gasteiger charge is 2.34. The lowest BCUT2D eigenvalue weighted by molar-refractivity contribution is -0.274. The Balaban J connectivity index is 1.52. The van der Waals surface area contributed by atoms with Crippen LogP contribution in [0.4, 0.5) is 23.0 Å². The predicted octanol–water partition coefficient (Wildman–Crippen LogP) is 4.09. The number of rotatable bonds is 6. The summed E-state index contributed by atoms with van der Waals surface area (Å²) in [7, 11) is -4.12. The molecule has 1 aliphatic rings. The molecule has 37 heavy (non-hydrogen) atoms. The number of piperazine rings is 1. The fourth-order valence-electron chi connectivity index (χ4n) is 3.92. The van der Waals surface area contributed by atoms with Gasteiger partial charge in [-0.05, 0) is 25.1 Å². The van der Waals surface area contributed by atoms with Crippen LogP contribution in [-0.2, 0) is 10.0 Å². The number of hydrogen-bond acceptors (Lipinski definition) is 6. The average molecular weight is 557 g/mol. The molecule has 3 aromatic rings. The highest BCUT2D eigenvalue weighted by atomic mass is 32.2. The van der Waals surface area contributed by atoms with Crippen molar-refractivity contribution in [2.24, 2.45) is 0 Å². The lowest BCUT2D eigenvalue weighted by Gasteiger charge is -2.34. The molecule has 0 atom stereocenters. The second kappa shape index (κ2) is 10.6. The van der Waals surface area contributed by atoms with Crippen LogP contribution in [0, 0.1) is 0 Å². The molecule has 0 saturated carbocycles. The van der Waals surface area contributed by atoms with E-state index in [1.54, 1.807) is 19.1 Å². The number of fused-ring (bicyclic) bond motifs is 1. The molecule has 2 heterocycles. The van der Waals surface area contributed by atoms with Crippen LogP contribution >= 0.6 is 11.3 Å². The normalized spacial score (nSPS) is 15.0. The van der Waals surface area contributed by atoms with Crippen LogP contribution in [0.2, 0.25) is 0 Å². The smallest absolute Gasteiger partial charge is 0.406 e. The minimum atomic E-state index is -4.95. The second-order valence-corrected chi connectivity index (χ2v) is 11.0. The number of benzene rings is 2. The number of thiophene rings is 1. The van der Waals surface area contributed by atoms with Crippen LogP contribution in [0.1, 0.15) is 17.3 Å². The van der Waals surface area contributed by atoms with Gasteiger partial charge in [0.15, 0.2) is 0 Å². The standard InChI is InChI=1S/C23H23F3N4O5S2/c1-2-27-22(32)28-20-19(17-8-3-4-9-18(17)36-20)21(31)29-10-12-30(13-11-29)37(33,34)16-7-5-6-15(14-16)35-23(24,25)26/h3-9,14H,2,10-13H2,1H3,(H2,27,28,32). The summed E-state index contributed by atoms with van der Waals surface area (Å²) in [5, 5.41) is 6.40. The monoisotopic (exact) mass is 556 g/mol. The zero-order valence-corrected chi connectivity index (χ0v) is 21.2. The number of nitrogens with one attached hydrogen (secondary N) is 2. The Labute approximate surface area is 214 Å². The number of hydrogen-bond donors (Lipinski definition) is 2. The van der Waals surface area contributed by atoms with Gasteiger partial charge in [0.1, 0.15) is 10.8 Å². The molecule has 0 radical (unpaired) electrons. The zero-order valence-electron chi connectivity index (χ0n) is 19.5. The summed E-state index contributed by atoms with van der Waals surface area (Å²) in [6.07, 6.45) is -4.95. The number of amides is 3. The first-order chi connectivity index (χ1) is 17.5. The zero-order chi connectivity index (χ0) is 26.8. The Hall–Kier alpha value is -3.36. The van der Waals surface area contributed by atoms with E-state index in [0.717, 1.165) is 21.1 Å². The quantitative estimate of drug-likeness (QED) is 0.476. The van der Waals surface area contributed by atoms with Gasteiger partial charge in [-0.15, -0.1) is 24.5 Å². The first kappa shape index (κ1) is 26.7. The summed E-state index contributed by atoms with van der Waals surface area (Å²) >= 11 is 1.26. The van der Waals surface area contributed by atoms with Crippen LogP contribution in [0.5, 0.6) is 5.75 Å². The van der Waals surface area contributed by atoms with Crippen molar-refractivity contribution in [2.75, 3.05) is 38.0 Å². The maximum atomic E-state index is 13.5. The van der Waals surface area contributed by atoms with Crippen molar-refractivity contribution in [3.8, 4) is 5.75 Å². The minimum absolute atomic E-state index is 0.0560. The Morgan fingerprint density at radius 2 is 1.76 bits per heavy atom. The summed E-state index contributed by atoms with van der Waals surface area (Å²) in [6, 6.07) is 10.9. The second-order valence-electron chi connectivity index (χ2n) is 8.01. The molecule has 2 aromatic carbocycles. The largest absolute Gasteiger partial charge is 0.573 e. The Kier molecular flexibility index (Phi) is 7.62. The van der Waals surface area contributed by atoms with Gasteiger partial charge in [-0.1, -0.05) is 24.3 Å². The van der Waals surface area contributed by atoms with Gasteiger partial charge in [0.25, 0.3) is 5.91 Å². The van der Waals surface area contributed by atoms with Gasteiger partial charge in [0.2, 0.25) is 10.0 Å². The van der Waals surface area contributed by atoms with Crippen LogP contribution in [0.15, 0.2) is 53.4 Å². The molecule has 1 saturated heterocycles. The predicted molar refractivity (Wildman–Crippen MR) is 132 cm³/mol. The van der Waals surface area contributed by atoms with Gasteiger partial charge < -0.3 is 15.0 Å². The van der Waals surface area contributed by atoms with Crippen LogP contribution in [0.25, 0.3) is 10.1 Å². The molecule has 0 spiro atoms. The number of sulfonamides is 1. The van der Waals surface area contributed by atoms with Crippen LogP contribution in [0.3, 0.4) is 0 Å². The molecule has 14 heteroatoms. The summed E-state index contributed by atoms with van der Waals surface area (Å²) < 4.78 is 69.5. The first-order valence-corrected chi connectivity index (χ1v) is 13.5. The van der Waals surface area contributed by atoms with E-state index in [9.17, 15) is 31.2 Å². The van der Waals surface area contributed by atoms with Crippen molar-refractivity contribution < 1.29 is 35.9 Å². The third-order valence-corrected chi connectivity index (χ3v) is 8.56. The van der Waals surface area contributed by atoms with Crippen molar-refractivity contribution >= 4 is 48.4 Å². The number of halogens is 3. The average Bonchev–Trinajstić information content (AvgIpc) is 3.20. The molecule has 3 amide bonds. The fraction of sp³-hybridized carbons (Fsp3) is 0.304. The Bertz CT molecular complexity index is 1420. The van der Waals surface area contributed by atoms with Crippen LogP contribution < -0.4 is 15.4 Å². The van der Waals surface area contributed by atoms with E-state index in [-0.39, 0.29) is 37.0 Å². The van der Waals surface area contributed by atoms with Gasteiger partial charge in [0.05, 0.1) is 10.5 Å². The molecule has 1 aliphatic heterocycles. The lowest BCUT2D eigenvalue weighted by Crippen LogP contribution is -2.50. The van der Waals surface area contributed by atoms with E-state index in [0.29, 0.717) is 22.5 Å². The molecule has 0 bridgehead atoms. The van der Waals surface area contributed by atoms with Crippen molar-refractivity contribution in [1.29, 1.82) is 0 Å². The molecule has 198 valence electrons. The minimum Gasteiger partial charge on any atom is -0.406 e. The Morgan fingerprint density at radius 1 is 1.05 bits per heavy atom. The van der Waals surface area contributed by atoms with E-state index < -0.39 is 28.2 Å². The summed E-state index contributed by atoms with van der Waals surface area (Å²) in [4.78, 5) is 26.8. The van der Waals surface area contributed by atoms with E-state index in [4.69, 9.17) is 0 Å². The number of carbonyl (C=O) groups excluding carboxylic acids is 2. The molecule has 1 aromatic heterocycles. The number of urea groups is 1. The highest BCUT2D eigenvalue weighted by Crippen LogP contribution is 2.37. The number of ether oxygens (including phenoxy) is 1. The van der Waals surface area contributed by atoms with Crippen molar-refractivity contribution in [3.05, 3.63) is 54.1 Å². The van der Waals surface area contributed by atoms with Gasteiger partial charge in [-0.25, -0.2) is 13.2 Å². The Morgan fingerprint density at radius 3 is 2.43 bits per heavy atom. The van der Waals surface area contributed by atoms with Crippen LogP contribution in [-0.4, -0.2) is 68.6 Å². The van der Waals surface area contributed by atoms with Gasteiger partial charge in [-0.3, -0.25) is 10.1 Å². The van der Waals surface area contributed by atoms with E-state index >= 15 is 0 Å². The molecular formula is C23H23F3N4O5S2. The third-order valence-electron chi connectivity index (χ3n) is 5.58. The topological polar surface area (TPSA) is 108 Å². The summed E-state index contributed by atoms with van der Waals surface area (Å²) in [5.41, 5.74) is 0.320. The molecule has 0 unspecified atom stereocenters. The highest BCUT2D eigenvalue weighted by molar-refractivity contribution is 7.89. The van der Waals surface area contributed by atoms with Gasteiger partial charge in [-0.2, -0.15) is 4.31 Å².